The number of aliphatic hydroxyl groups is 2. The van der Waals surface area contributed by atoms with Crippen molar-refractivity contribution < 1.29 is 15.0 Å². The highest BCUT2D eigenvalue weighted by Crippen LogP contribution is 2.15. The number of unbranched alkanes of at least 4 members (excludes halogenated alkanes) is 27. The first-order chi connectivity index (χ1) is 22.2. The molecule has 0 aromatic rings. The fraction of sp³-hybridized carbons (Fsp3) is 0.878. The highest BCUT2D eigenvalue weighted by molar-refractivity contribution is 5.76. The standard InChI is InChI=1S/C41H79NO3/c1-3-5-7-9-11-12-13-14-15-16-17-18-19-20-21-22-23-24-25-26-27-28-29-30-31-32-34-36-40(44)39(38-43)42-41(45)37-35-33-10-8-6-4-2/h29-30,34,36,39-40,43-44H,3-28,31-33,35,37-38H2,1-2H3,(H,42,45)/b30-29+,36-34+. The maximum Gasteiger partial charge on any atom is 0.220 e. The molecule has 0 radical (unpaired) electrons. The van der Waals surface area contributed by atoms with Gasteiger partial charge in [0, 0.05) is 6.42 Å². The summed E-state index contributed by atoms with van der Waals surface area (Å²) in [6, 6.07) is -0.631. The third-order valence-corrected chi connectivity index (χ3v) is 9.19. The molecule has 0 spiro atoms. The fourth-order valence-corrected chi connectivity index (χ4v) is 6.08. The van der Waals surface area contributed by atoms with Crippen LogP contribution in [0.1, 0.15) is 213 Å². The number of hydrogen-bond donors (Lipinski definition) is 3. The summed E-state index contributed by atoms with van der Waals surface area (Å²) in [5.74, 6) is -0.0832. The SMILES string of the molecule is CCCCCCCCCCCCCCCCCCCCCCC/C=C/CC/C=C/C(O)C(CO)NC(=O)CCCCCCCC. The zero-order valence-electron chi connectivity index (χ0n) is 30.4. The van der Waals surface area contributed by atoms with E-state index in [1.807, 2.05) is 6.08 Å². The molecule has 0 aliphatic carbocycles. The minimum Gasteiger partial charge on any atom is -0.394 e. The van der Waals surface area contributed by atoms with Crippen LogP contribution in [0, 0.1) is 0 Å². The van der Waals surface area contributed by atoms with E-state index >= 15 is 0 Å². The second-order valence-electron chi connectivity index (χ2n) is 13.7. The van der Waals surface area contributed by atoms with Crippen LogP contribution in [0.5, 0.6) is 0 Å². The van der Waals surface area contributed by atoms with Gasteiger partial charge in [-0.1, -0.05) is 199 Å². The van der Waals surface area contributed by atoms with E-state index in [0.717, 1.165) is 32.1 Å². The Balaban J connectivity index is 3.47. The van der Waals surface area contributed by atoms with Crippen molar-refractivity contribution in [3.05, 3.63) is 24.3 Å². The van der Waals surface area contributed by atoms with Crippen molar-refractivity contribution >= 4 is 5.91 Å². The van der Waals surface area contributed by atoms with Crippen LogP contribution in [0.15, 0.2) is 24.3 Å². The summed E-state index contributed by atoms with van der Waals surface area (Å²) in [6.45, 7) is 4.24. The highest BCUT2D eigenvalue weighted by atomic mass is 16.3. The van der Waals surface area contributed by atoms with E-state index in [2.05, 4.69) is 31.3 Å². The summed E-state index contributed by atoms with van der Waals surface area (Å²) in [7, 11) is 0. The summed E-state index contributed by atoms with van der Waals surface area (Å²) in [4.78, 5) is 12.1. The Hall–Kier alpha value is -1.13. The quantitative estimate of drug-likeness (QED) is 0.0475. The molecule has 0 fully saturated rings. The van der Waals surface area contributed by atoms with E-state index in [9.17, 15) is 15.0 Å². The lowest BCUT2D eigenvalue weighted by Gasteiger charge is -2.19. The minimum absolute atomic E-state index is 0.0832. The van der Waals surface area contributed by atoms with Crippen LogP contribution in [0.3, 0.4) is 0 Å². The molecule has 0 aliphatic rings. The summed E-state index contributed by atoms with van der Waals surface area (Å²) in [5.41, 5.74) is 0. The Morgan fingerprint density at radius 2 is 0.867 bits per heavy atom. The number of aliphatic hydroxyl groups excluding tert-OH is 2. The number of carbonyl (C=O) groups is 1. The van der Waals surface area contributed by atoms with E-state index < -0.39 is 12.1 Å². The maximum atomic E-state index is 12.1. The number of rotatable bonds is 36. The van der Waals surface area contributed by atoms with Gasteiger partial charge < -0.3 is 15.5 Å². The molecule has 0 saturated carbocycles. The van der Waals surface area contributed by atoms with Gasteiger partial charge in [0.15, 0.2) is 0 Å². The molecule has 0 aliphatic heterocycles. The van der Waals surface area contributed by atoms with E-state index in [4.69, 9.17) is 0 Å². The van der Waals surface area contributed by atoms with Gasteiger partial charge in [-0.05, 0) is 32.1 Å². The summed E-state index contributed by atoms with van der Waals surface area (Å²) >= 11 is 0. The van der Waals surface area contributed by atoms with Crippen molar-refractivity contribution in [3.63, 3.8) is 0 Å². The number of hydrogen-bond acceptors (Lipinski definition) is 3. The summed E-state index contributed by atoms with van der Waals surface area (Å²) in [6.07, 6.45) is 47.5. The highest BCUT2D eigenvalue weighted by Gasteiger charge is 2.17. The largest absolute Gasteiger partial charge is 0.394 e. The lowest BCUT2D eigenvalue weighted by atomic mass is 10.0. The minimum atomic E-state index is -0.855. The molecule has 0 heterocycles. The third kappa shape index (κ3) is 34.0. The van der Waals surface area contributed by atoms with Crippen molar-refractivity contribution in [1.29, 1.82) is 0 Å². The van der Waals surface area contributed by atoms with E-state index in [0.29, 0.717) is 6.42 Å². The van der Waals surface area contributed by atoms with Crippen LogP contribution in [-0.4, -0.2) is 34.9 Å². The third-order valence-electron chi connectivity index (χ3n) is 9.19. The van der Waals surface area contributed by atoms with Gasteiger partial charge in [0.25, 0.3) is 0 Å². The lowest BCUT2D eigenvalue weighted by Crippen LogP contribution is -2.45. The van der Waals surface area contributed by atoms with Crippen molar-refractivity contribution in [1.82, 2.24) is 5.32 Å². The average molecular weight is 634 g/mol. The van der Waals surface area contributed by atoms with Crippen LogP contribution in [0.2, 0.25) is 0 Å². The maximum absolute atomic E-state index is 12.1. The number of allylic oxidation sites excluding steroid dienone is 3. The van der Waals surface area contributed by atoms with Crippen LogP contribution >= 0.6 is 0 Å². The molecule has 0 aromatic heterocycles. The molecule has 4 nitrogen and oxygen atoms in total. The topological polar surface area (TPSA) is 69.6 Å². The van der Waals surface area contributed by atoms with Gasteiger partial charge >= 0.3 is 0 Å². The van der Waals surface area contributed by atoms with Gasteiger partial charge in [-0.2, -0.15) is 0 Å². The van der Waals surface area contributed by atoms with E-state index in [-0.39, 0.29) is 12.5 Å². The number of carbonyl (C=O) groups excluding carboxylic acids is 1. The molecule has 45 heavy (non-hydrogen) atoms. The van der Waals surface area contributed by atoms with Crippen molar-refractivity contribution in [2.75, 3.05) is 6.61 Å². The van der Waals surface area contributed by atoms with Gasteiger partial charge in [-0.25, -0.2) is 0 Å². The van der Waals surface area contributed by atoms with Crippen LogP contribution in [0.4, 0.5) is 0 Å². The first-order valence-corrected chi connectivity index (χ1v) is 20.1. The zero-order chi connectivity index (χ0) is 32.9. The van der Waals surface area contributed by atoms with Gasteiger partial charge in [0.05, 0.1) is 18.8 Å². The van der Waals surface area contributed by atoms with Crippen LogP contribution in [-0.2, 0) is 4.79 Å². The van der Waals surface area contributed by atoms with Gasteiger partial charge in [-0.15, -0.1) is 0 Å². The normalized spacial score (nSPS) is 13.2. The zero-order valence-corrected chi connectivity index (χ0v) is 30.4. The van der Waals surface area contributed by atoms with E-state index in [1.54, 1.807) is 6.08 Å². The molecule has 1 amide bonds. The predicted molar refractivity (Wildman–Crippen MR) is 198 cm³/mol. The molecular weight excluding hydrogens is 554 g/mol. The molecular formula is C41H79NO3. The molecule has 0 bridgehead atoms. The van der Waals surface area contributed by atoms with Gasteiger partial charge in [0.1, 0.15) is 0 Å². The first-order valence-electron chi connectivity index (χ1n) is 20.1. The Labute approximate surface area is 281 Å². The molecule has 4 heteroatoms. The Kier molecular flexibility index (Phi) is 36.4. The lowest BCUT2D eigenvalue weighted by molar-refractivity contribution is -0.123. The Bertz CT molecular complexity index is 647. The van der Waals surface area contributed by atoms with Gasteiger partial charge in [-0.3, -0.25) is 4.79 Å². The molecule has 266 valence electrons. The number of nitrogens with one attached hydrogen (secondary N) is 1. The molecule has 2 atom stereocenters. The Morgan fingerprint density at radius 3 is 1.29 bits per heavy atom. The predicted octanol–water partition coefficient (Wildman–Crippen LogP) is 12.1. The fourth-order valence-electron chi connectivity index (χ4n) is 6.08. The molecule has 0 aromatic carbocycles. The van der Waals surface area contributed by atoms with Gasteiger partial charge in [0.2, 0.25) is 5.91 Å². The molecule has 0 saturated heterocycles. The summed E-state index contributed by atoms with van der Waals surface area (Å²) in [5, 5.41) is 22.7. The van der Waals surface area contributed by atoms with E-state index in [1.165, 1.54) is 161 Å². The van der Waals surface area contributed by atoms with Crippen molar-refractivity contribution in [2.24, 2.45) is 0 Å². The van der Waals surface area contributed by atoms with Crippen molar-refractivity contribution in [3.8, 4) is 0 Å². The second kappa shape index (κ2) is 37.3. The first kappa shape index (κ1) is 43.9. The Morgan fingerprint density at radius 1 is 0.511 bits per heavy atom. The van der Waals surface area contributed by atoms with Crippen LogP contribution in [0.25, 0.3) is 0 Å². The summed E-state index contributed by atoms with van der Waals surface area (Å²) < 4.78 is 0. The number of amides is 1. The molecule has 3 N–H and O–H groups in total. The smallest absolute Gasteiger partial charge is 0.220 e. The van der Waals surface area contributed by atoms with Crippen LogP contribution < -0.4 is 5.32 Å². The molecule has 0 rings (SSSR count). The van der Waals surface area contributed by atoms with Crippen molar-refractivity contribution in [2.45, 2.75) is 225 Å². The second-order valence-corrected chi connectivity index (χ2v) is 13.7. The molecule has 2 unspecified atom stereocenters. The average Bonchev–Trinajstić information content (AvgIpc) is 3.04. The monoisotopic (exact) mass is 634 g/mol.